The summed E-state index contributed by atoms with van der Waals surface area (Å²) in [5.41, 5.74) is 6.21. The molecule has 12 heteroatoms. The Hall–Kier alpha value is -3.06. The zero-order valence-electron chi connectivity index (χ0n) is 20.5. The Kier molecular flexibility index (Phi) is 10.6. The molecule has 0 atom stereocenters. The monoisotopic (exact) mass is 520 g/mol. The summed E-state index contributed by atoms with van der Waals surface area (Å²) in [5.74, 6) is -0.482. The molecule has 2 heterocycles. The van der Waals surface area contributed by atoms with Gasteiger partial charge in [-0.05, 0) is 31.0 Å². The molecule has 0 spiro atoms. The predicted octanol–water partition coefficient (Wildman–Crippen LogP) is 1.89. The third-order valence-corrected chi connectivity index (χ3v) is 6.72. The molecule has 0 bridgehead atoms. The van der Waals surface area contributed by atoms with E-state index in [0.717, 1.165) is 17.8 Å². The van der Waals surface area contributed by atoms with Gasteiger partial charge in [-0.15, -0.1) is 11.3 Å². The summed E-state index contributed by atoms with van der Waals surface area (Å²) >= 11 is 1.42. The van der Waals surface area contributed by atoms with Crippen LogP contribution in [0.25, 0.3) is 0 Å². The minimum Gasteiger partial charge on any atom is -0.495 e. The first-order valence-corrected chi connectivity index (χ1v) is 12.5. The molecule has 1 saturated heterocycles. The van der Waals surface area contributed by atoms with Crippen LogP contribution in [0, 0.1) is 0 Å². The van der Waals surface area contributed by atoms with Gasteiger partial charge < -0.3 is 34.9 Å². The number of ether oxygens (including phenoxy) is 4. The number of nitrogens with one attached hydrogen (secondary N) is 1. The van der Waals surface area contributed by atoms with Crippen LogP contribution >= 0.6 is 11.3 Å². The molecule has 1 aromatic carbocycles. The quantitative estimate of drug-likeness (QED) is 0.381. The molecule has 11 nitrogen and oxygen atoms in total. The van der Waals surface area contributed by atoms with Crippen molar-refractivity contribution in [1.82, 2.24) is 9.88 Å². The van der Waals surface area contributed by atoms with Crippen molar-refractivity contribution in [3.63, 3.8) is 0 Å². The van der Waals surface area contributed by atoms with Crippen LogP contribution in [-0.4, -0.2) is 87.9 Å². The van der Waals surface area contributed by atoms with E-state index >= 15 is 0 Å². The molecule has 1 fully saturated rings. The molecule has 0 aliphatic carbocycles. The summed E-state index contributed by atoms with van der Waals surface area (Å²) in [7, 11) is 3.08. The zero-order chi connectivity index (χ0) is 25.9. The number of hydrogen-bond donors (Lipinski definition) is 2. The lowest BCUT2D eigenvalue weighted by molar-refractivity contribution is -0.137. The number of thiazole rings is 1. The van der Waals surface area contributed by atoms with E-state index in [4.69, 9.17) is 24.7 Å². The maximum atomic E-state index is 12.8. The van der Waals surface area contributed by atoms with Gasteiger partial charge in [-0.25, -0.2) is 4.98 Å². The van der Waals surface area contributed by atoms with E-state index in [2.05, 4.69) is 10.3 Å². The number of amides is 3. The average Bonchev–Trinajstić information content (AvgIpc) is 3.38. The molecule has 0 unspecified atom stereocenters. The van der Waals surface area contributed by atoms with Gasteiger partial charge in [0.2, 0.25) is 11.8 Å². The highest BCUT2D eigenvalue weighted by Gasteiger charge is 2.26. The van der Waals surface area contributed by atoms with Crippen molar-refractivity contribution in [2.24, 2.45) is 5.73 Å². The van der Waals surface area contributed by atoms with Crippen LogP contribution in [0.5, 0.6) is 5.75 Å². The topological polar surface area (TPSA) is 142 Å². The molecule has 1 aromatic heterocycles. The van der Waals surface area contributed by atoms with E-state index < -0.39 is 11.8 Å². The van der Waals surface area contributed by atoms with Crippen molar-refractivity contribution in [3.05, 3.63) is 39.8 Å². The molecule has 0 saturated carbocycles. The van der Waals surface area contributed by atoms with Crippen molar-refractivity contribution in [3.8, 4) is 5.75 Å². The summed E-state index contributed by atoms with van der Waals surface area (Å²) < 4.78 is 20.9. The first-order chi connectivity index (χ1) is 17.4. The number of primary amides is 1. The molecule has 1 aliphatic heterocycles. The Labute approximate surface area is 213 Å². The molecule has 3 amide bonds. The first kappa shape index (κ1) is 27.5. The van der Waals surface area contributed by atoms with E-state index in [9.17, 15) is 14.4 Å². The fraction of sp³-hybridized carbons (Fsp3) is 0.500. The number of methoxy groups -OCH3 is 2. The number of benzene rings is 1. The molecular formula is C24H32N4O7S. The van der Waals surface area contributed by atoms with Crippen molar-refractivity contribution >= 4 is 34.7 Å². The van der Waals surface area contributed by atoms with Gasteiger partial charge in [0, 0.05) is 37.1 Å². The lowest BCUT2D eigenvalue weighted by Crippen LogP contribution is -2.40. The Balaban J connectivity index is 1.47. The molecule has 3 N–H and O–H groups in total. The number of carbonyl (C=O) groups excluding carboxylic acids is 3. The van der Waals surface area contributed by atoms with Gasteiger partial charge in [-0.3, -0.25) is 14.4 Å². The van der Waals surface area contributed by atoms with Gasteiger partial charge in [0.05, 0.1) is 44.2 Å². The largest absolute Gasteiger partial charge is 0.495 e. The Morgan fingerprint density at radius 1 is 1.11 bits per heavy atom. The van der Waals surface area contributed by atoms with Crippen LogP contribution in [0.3, 0.4) is 0 Å². The second-order valence-electron chi connectivity index (χ2n) is 8.12. The van der Waals surface area contributed by atoms with Gasteiger partial charge in [-0.1, -0.05) is 0 Å². The zero-order valence-corrected chi connectivity index (χ0v) is 21.3. The van der Waals surface area contributed by atoms with Crippen molar-refractivity contribution in [2.45, 2.75) is 18.8 Å². The van der Waals surface area contributed by atoms with Crippen LogP contribution < -0.4 is 15.8 Å². The van der Waals surface area contributed by atoms with E-state index in [1.54, 1.807) is 23.5 Å². The van der Waals surface area contributed by atoms with E-state index in [0.29, 0.717) is 51.0 Å². The van der Waals surface area contributed by atoms with Gasteiger partial charge in [0.15, 0.2) is 0 Å². The number of nitrogens with two attached hydrogens (primary N) is 1. The van der Waals surface area contributed by atoms with Crippen LogP contribution in [-0.2, 0) is 19.0 Å². The molecule has 36 heavy (non-hydrogen) atoms. The smallest absolute Gasteiger partial charge is 0.275 e. The van der Waals surface area contributed by atoms with Crippen LogP contribution in [0.4, 0.5) is 5.69 Å². The van der Waals surface area contributed by atoms with E-state index in [-0.39, 0.29) is 29.7 Å². The predicted molar refractivity (Wildman–Crippen MR) is 134 cm³/mol. The minimum atomic E-state index is -0.604. The second kappa shape index (κ2) is 13.9. The number of hydrogen-bond acceptors (Lipinski definition) is 9. The van der Waals surface area contributed by atoms with Gasteiger partial charge in [0.25, 0.3) is 5.91 Å². The molecule has 196 valence electrons. The summed E-state index contributed by atoms with van der Waals surface area (Å²) in [4.78, 5) is 43.0. The number of anilines is 1. The van der Waals surface area contributed by atoms with Crippen molar-refractivity contribution < 1.29 is 33.3 Å². The molecule has 0 radical (unpaired) electrons. The molecule has 1 aliphatic rings. The average molecular weight is 521 g/mol. The maximum absolute atomic E-state index is 12.8. The number of likely N-dealkylation sites (tertiary alicyclic amines) is 1. The standard InChI is InChI=1S/C24H32N4O7S/c1-32-9-10-34-11-12-35-14-21(29)28-7-5-16(6-8-28)24-27-19(15-36-24)23(31)26-18-13-17(22(25)30)3-4-20(18)33-2/h3-4,13,15-16H,5-12,14H2,1-2H3,(H2,25,30)(H,26,31). The van der Waals surface area contributed by atoms with E-state index in [1.165, 1.54) is 30.6 Å². The summed E-state index contributed by atoms with van der Waals surface area (Å²) in [5, 5.41) is 5.30. The summed E-state index contributed by atoms with van der Waals surface area (Å²) in [6, 6.07) is 4.57. The summed E-state index contributed by atoms with van der Waals surface area (Å²) in [6.07, 6.45) is 1.52. The number of piperidine rings is 1. The minimum absolute atomic E-state index is 0.0281. The Morgan fingerprint density at radius 2 is 1.83 bits per heavy atom. The highest BCUT2D eigenvalue weighted by Crippen LogP contribution is 2.31. The lowest BCUT2D eigenvalue weighted by atomic mass is 9.97. The Bertz CT molecular complexity index is 1040. The third-order valence-electron chi connectivity index (χ3n) is 5.71. The van der Waals surface area contributed by atoms with Gasteiger partial charge in [0.1, 0.15) is 18.1 Å². The number of carbonyl (C=O) groups is 3. The van der Waals surface area contributed by atoms with Crippen LogP contribution in [0.1, 0.15) is 44.6 Å². The van der Waals surface area contributed by atoms with Crippen LogP contribution in [0.2, 0.25) is 0 Å². The first-order valence-electron chi connectivity index (χ1n) is 11.6. The normalized spacial score (nSPS) is 14.0. The van der Waals surface area contributed by atoms with Crippen molar-refractivity contribution in [2.75, 3.05) is 65.7 Å². The fourth-order valence-electron chi connectivity index (χ4n) is 3.71. The fourth-order valence-corrected chi connectivity index (χ4v) is 4.68. The molecule has 3 rings (SSSR count). The van der Waals surface area contributed by atoms with Gasteiger partial charge >= 0.3 is 0 Å². The number of rotatable bonds is 13. The van der Waals surface area contributed by atoms with Crippen molar-refractivity contribution in [1.29, 1.82) is 0 Å². The highest BCUT2D eigenvalue weighted by atomic mass is 32.1. The Morgan fingerprint density at radius 3 is 2.53 bits per heavy atom. The SMILES string of the molecule is COCCOCCOCC(=O)N1CCC(c2nc(C(=O)Nc3cc(C(N)=O)ccc3OC)cs2)CC1. The third kappa shape index (κ3) is 7.72. The lowest BCUT2D eigenvalue weighted by Gasteiger charge is -2.31. The molecule has 2 aromatic rings. The number of nitrogens with zero attached hydrogens (tertiary/aromatic N) is 2. The second-order valence-corrected chi connectivity index (χ2v) is 9.01. The molecular weight excluding hydrogens is 488 g/mol. The van der Waals surface area contributed by atoms with Crippen LogP contribution in [0.15, 0.2) is 23.6 Å². The number of aromatic nitrogens is 1. The van der Waals surface area contributed by atoms with Gasteiger partial charge in [-0.2, -0.15) is 0 Å². The summed E-state index contributed by atoms with van der Waals surface area (Å²) in [6.45, 7) is 3.04. The highest BCUT2D eigenvalue weighted by molar-refractivity contribution is 7.10. The van der Waals surface area contributed by atoms with E-state index in [1.807, 2.05) is 0 Å². The maximum Gasteiger partial charge on any atom is 0.275 e.